The minimum atomic E-state index is -4.74. The monoisotopic (exact) mass is 520 g/mol. The van der Waals surface area contributed by atoms with Gasteiger partial charge in [0, 0.05) is 25.1 Å². The number of rotatable bonds is 5. The predicted molar refractivity (Wildman–Crippen MR) is 130 cm³/mol. The van der Waals surface area contributed by atoms with Gasteiger partial charge in [-0.2, -0.15) is 13.2 Å². The summed E-state index contributed by atoms with van der Waals surface area (Å²) < 4.78 is 52.8. The minimum Gasteiger partial charge on any atom is -0.509 e. The zero-order valence-corrected chi connectivity index (χ0v) is 21.1. The van der Waals surface area contributed by atoms with E-state index in [0.717, 1.165) is 6.08 Å². The topological polar surface area (TPSA) is 92.3 Å². The molecule has 2 aliphatic heterocycles. The molecule has 200 valence electrons. The van der Waals surface area contributed by atoms with E-state index in [4.69, 9.17) is 9.15 Å². The van der Waals surface area contributed by atoms with E-state index in [9.17, 15) is 27.9 Å². The molecule has 3 aliphatic rings. The van der Waals surface area contributed by atoms with Gasteiger partial charge in [-0.05, 0) is 70.1 Å². The second kappa shape index (κ2) is 10.2. The standard InChI is InChI=1S/C27H31F3N2O5/c1-26(2,3)37-21(33)8-7-16-9-11-32(14-16)25(35)23-24(34)19-6-4-5-17(18-10-12-36-15-18)13-20(22(19)31-23)27(28,29)30/h5,10,12-13,15-16,19,34H,4,6-9,11,14H2,1-3H3/b17-5+,20-13+/t16-,19?/m1/s1. The molecule has 0 aromatic carbocycles. The Labute approximate surface area is 213 Å². The van der Waals surface area contributed by atoms with Gasteiger partial charge in [-0.1, -0.05) is 6.08 Å². The molecule has 0 saturated carbocycles. The number of carbonyl (C=O) groups excluding carboxylic acids is 2. The van der Waals surface area contributed by atoms with Gasteiger partial charge in [0.05, 0.1) is 29.7 Å². The van der Waals surface area contributed by atoms with Crippen molar-refractivity contribution in [1.29, 1.82) is 0 Å². The number of hydrogen-bond acceptors (Lipinski definition) is 6. The first-order valence-corrected chi connectivity index (χ1v) is 12.4. The van der Waals surface area contributed by atoms with E-state index in [1.54, 1.807) is 32.9 Å². The molecular weight excluding hydrogens is 489 g/mol. The fourth-order valence-corrected chi connectivity index (χ4v) is 4.90. The van der Waals surface area contributed by atoms with E-state index in [0.29, 0.717) is 43.5 Å². The summed E-state index contributed by atoms with van der Waals surface area (Å²) in [4.78, 5) is 30.8. The maximum Gasteiger partial charge on any atom is 0.418 e. The van der Waals surface area contributed by atoms with Crippen LogP contribution in [0.5, 0.6) is 0 Å². The summed E-state index contributed by atoms with van der Waals surface area (Å²) in [5.74, 6) is -2.30. The summed E-state index contributed by atoms with van der Waals surface area (Å²) in [5.41, 5.74) is -1.41. The number of fused-ring (bicyclic) bond motifs is 1. The number of likely N-dealkylation sites (tertiary alicyclic amines) is 1. The second-order valence-electron chi connectivity index (χ2n) is 10.6. The van der Waals surface area contributed by atoms with Crippen LogP contribution >= 0.6 is 0 Å². The Hall–Kier alpha value is -3.30. The Morgan fingerprint density at radius 3 is 2.65 bits per heavy atom. The van der Waals surface area contributed by atoms with Crippen LogP contribution in [0.25, 0.3) is 5.57 Å². The van der Waals surface area contributed by atoms with Crippen LogP contribution < -0.4 is 0 Å². The summed E-state index contributed by atoms with van der Waals surface area (Å²) >= 11 is 0. The van der Waals surface area contributed by atoms with E-state index < -0.39 is 34.9 Å². The van der Waals surface area contributed by atoms with Crippen LogP contribution in [0.3, 0.4) is 0 Å². The van der Waals surface area contributed by atoms with Crippen molar-refractivity contribution in [1.82, 2.24) is 4.90 Å². The SMILES string of the molecule is CC(C)(C)OC(=O)CC[C@@H]1CCN(C(=O)C2=C(O)C3CC/C=C(c4ccoc4)\C=C(\C(F)(F)F)C3=N2)C1. The highest BCUT2D eigenvalue weighted by Gasteiger charge is 2.45. The summed E-state index contributed by atoms with van der Waals surface area (Å²) in [6.45, 7) is 6.08. The Bertz CT molecular complexity index is 1170. The van der Waals surface area contributed by atoms with Crippen molar-refractivity contribution < 1.29 is 37.0 Å². The van der Waals surface area contributed by atoms with E-state index in [1.807, 2.05) is 0 Å². The number of esters is 1. The van der Waals surface area contributed by atoms with Crippen LogP contribution in [0.4, 0.5) is 13.2 Å². The van der Waals surface area contributed by atoms with Gasteiger partial charge in [-0.25, -0.2) is 4.99 Å². The number of aliphatic hydroxyl groups is 1. The molecule has 1 aliphatic carbocycles. The summed E-state index contributed by atoms with van der Waals surface area (Å²) in [6, 6.07) is 1.57. The fraction of sp³-hybridized carbons (Fsp3) is 0.519. The molecule has 1 amide bonds. The lowest BCUT2D eigenvalue weighted by atomic mass is 9.87. The second-order valence-corrected chi connectivity index (χ2v) is 10.6. The first-order valence-electron chi connectivity index (χ1n) is 12.4. The third-order valence-electron chi connectivity index (χ3n) is 6.64. The molecule has 7 nitrogen and oxygen atoms in total. The van der Waals surface area contributed by atoms with Crippen LogP contribution in [0.1, 0.15) is 58.4 Å². The lowest BCUT2D eigenvalue weighted by molar-refractivity contribution is -0.155. The molecule has 1 aromatic rings. The number of alkyl halides is 3. The van der Waals surface area contributed by atoms with Gasteiger partial charge < -0.3 is 19.2 Å². The average Bonchev–Trinajstić information content (AvgIpc) is 3.52. The summed E-state index contributed by atoms with van der Waals surface area (Å²) in [7, 11) is 0. The third kappa shape index (κ3) is 6.17. The van der Waals surface area contributed by atoms with Crippen LogP contribution in [0.2, 0.25) is 0 Å². The number of carbonyl (C=O) groups is 2. The smallest absolute Gasteiger partial charge is 0.418 e. The number of halogens is 3. The highest BCUT2D eigenvalue weighted by atomic mass is 19.4. The van der Waals surface area contributed by atoms with Gasteiger partial charge in [-0.3, -0.25) is 9.59 Å². The molecule has 1 unspecified atom stereocenters. The molecule has 0 spiro atoms. The van der Waals surface area contributed by atoms with E-state index >= 15 is 0 Å². The van der Waals surface area contributed by atoms with Crippen molar-refractivity contribution in [3.05, 3.63) is 53.3 Å². The molecule has 1 fully saturated rings. The lowest BCUT2D eigenvalue weighted by Crippen LogP contribution is -2.30. The van der Waals surface area contributed by atoms with Crippen molar-refractivity contribution in [2.75, 3.05) is 13.1 Å². The Kier molecular flexibility index (Phi) is 7.39. The van der Waals surface area contributed by atoms with Gasteiger partial charge in [0.15, 0.2) is 5.70 Å². The van der Waals surface area contributed by atoms with Crippen molar-refractivity contribution in [3.8, 4) is 0 Å². The number of amides is 1. The predicted octanol–water partition coefficient (Wildman–Crippen LogP) is 5.76. The fourth-order valence-electron chi connectivity index (χ4n) is 4.90. The zero-order valence-electron chi connectivity index (χ0n) is 21.1. The van der Waals surface area contributed by atoms with Crippen molar-refractivity contribution >= 4 is 23.2 Å². The number of allylic oxidation sites excluding steroid dienone is 5. The highest BCUT2D eigenvalue weighted by Crippen LogP contribution is 2.41. The molecule has 2 atom stereocenters. The lowest BCUT2D eigenvalue weighted by Gasteiger charge is -2.21. The Morgan fingerprint density at radius 2 is 2.00 bits per heavy atom. The summed E-state index contributed by atoms with van der Waals surface area (Å²) in [5, 5.41) is 10.8. The normalized spacial score (nSPS) is 25.5. The molecule has 1 N–H and O–H groups in total. The van der Waals surface area contributed by atoms with Gasteiger partial charge in [0.1, 0.15) is 11.4 Å². The molecule has 1 aromatic heterocycles. The zero-order chi connectivity index (χ0) is 27.0. The molecule has 0 bridgehead atoms. The molecular formula is C27H31F3N2O5. The van der Waals surface area contributed by atoms with E-state index in [-0.39, 0.29) is 36.1 Å². The number of furan rings is 1. The van der Waals surface area contributed by atoms with Crippen LogP contribution in [0.15, 0.2) is 57.2 Å². The first kappa shape index (κ1) is 26.8. The highest BCUT2D eigenvalue weighted by molar-refractivity contribution is 6.12. The number of nitrogens with zero attached hydrogens (tertiary/aromatic N) is 2. The Balaban J connectivity index is 1.50. The van der Waals surface area contributed by atoms with Crippen LogP contribution in [-0.4, -0.2) is 52.5 Å². The molecule has 1 saturated heterocycles. The minimum absolute atomic E-state index is 0.0503. The quantitative estimate of drug-likeness (QED) is 0.499. The molecule has 0 radical (unpaired) electrons. The first-order chi connectivity index (χ1) is 17.3. The third-order valence-corrected chi connectivity index (χ3v) is 6.64. The summed E-state index contributed by atoms with van der Waals surface area (Å²) in [6.07, 6.45) is 2.62. The number of ether oxygens (including phenoxy) is 1. The van der Waals surface area contributed by atoms with E-state index in [1.165, 1.54) is 17.4 Å². The molecule has 37 heavy (non-hydrogen) atoms. The van der Waals surface area contributed by atoms with Crippen molar-refractivity contribution in [2.45, 2.75) is 64.7 Å². The number of aliphatic hydroxyl groups excluding tert-OH is 1. The van der Waals surface area contributed by atoms with Crippen LogP contribution in [-0.2, 0) is 14.3 Å². The molecule has 10 heteroatoms. The number of hydrogen-bond donors (Lipinski definition) is 1. The van der Waals surface area contributed by atoms with Gasteiger partial charge in [0.2, 0.25) is 0 Å². The van der Waals surface area contributed by atoms with Gasteiger partial charge in [-0.15, -0.1) is 0 Å². The van der Waals surface area contributed by atoms with Gasteiger partial charge in [0.25, 0.3) is 5.91 Å². The average molecular weight is 521 g/mol. The largest absolute Gasteiger partial charge is 0.509 e. The maximum absolute atomic E-state index is 14.1. The maximum atomic E-state index is 14.1. The van der Waals surface area contributed by atoms with Crippen molar-refractivity contribution in [3.63, 3.8) is 0 Å². The molecule has 3 heterocycles. The number of aliphatic imine (C=N–C) groups is 1. The van der Waals surface area contributed by atoms with Crippen LogP contribution in [0, 0.1) is 11.8 Å². The Morgan fingerprint density at radius 1 is 1.24 bits per heavy atom. The van der Waals surface area contributed by atoms with Gasteiger partial charge >= 0.3 is 12.1 Å². The molecule has 4 rings (SSSR count). The van der Waals surface area contributed by atoms with Crippen molar-refractivity contribution in [2.24, 2.45) is 16.8 Å². The van der Waals surface area contributed by atoms with E-state index in [2.05, 4.69) is 4.99 Å².